The topological polar surface area (TPSA) is 116 Å². The molecule has 13 heteroatoms. The molecule has 4 aromatic rings. The van der Waals surface area contributed by atoms with Gasteiger partial charge in [-0.2, -0.15) is 0 Å². The van der Waals surface area contributed by atoms with Crippen molar-refractivity contribution < 1.29 is 22.3 Å². The Morgan fingerprint density at radius 2 is 1.64 bits per heavy atom. The largest absolute Gasteiger partial charge is 0.395 e. The molecule has 0 unspecified atom stereocenters. The number of pyridine rings is 1. The van der Waals surface area contributed by atoms with E-state index < -0.39 is 27.8 Å². The van der Waals surface area contributed by atoms with Crippen LogP contribution in [0, 0.1) is 5.41 Å². The second kappa shape index (κ2) is 11.2. The molecule has 2 N–H and O–H groups in total. The van der Waals surface area contributed by atoms with Gasteiger partial charge < -0.3 is 14.9 Å². The Balaban J connectivity index is 1.24. The molecule has 7 rings (SSSR count). The second-order valence-corrected chi connectivity index (χ2v) is 14.9. The standard InChI is InChI=1S/C32H37F2N7O3S/c1-22(21-42)45(43,44)37-25-4-5-27(28(19-25)39-13-8-31(6-7-31)9-14-39)41-20-26(36-38-41)24-17-23-3-2-12-35-30(23)29(18-24)40-15-10-32(33,34)11-16-40/h2-5,12,17-20,22,37,42H,6-11,13-16,21H2,1H3/t22-/m1/s1. The quantitative estimate of drug-likeness (QED) is 0.270. The fraction of sp³-hybridized carbons (Fsp3) is 0.469. The summed E-state index contributed by atoms with van der Waals surface area (Å²) >= 11 is 0. The minimum atomic E-state index is -3.77. The smallest absolute Gasteiger partial charge is 0.251 e. The summed E-state index contributed by atoms with van der Waals surface area (Å²) in [5, 5.41) is 18.4. The van der Waals surface area contributed by atoms with E-state index in [2.05, 4.69) is 24.9 Å². The molecule has 4 heterocycles. The Morgan fingerprint density at radius 3 is 2.36 bits per heavy atom. The van der Waals surface area contributed by atoms with E-state index in [1.165, 1.54) is 19.8 Å². The van der Waals surface area contributed by atoms with E-state index in [0.717, 1.165) is 59.5 Å². The first-order chi connectivity index (χ1) is 21.5. The van der Waals surface area contributed by atoms with Crippen molar-refractivity contribution in [2.45, 2.75) is 56.6 Å². The highest BCUT2D eigenvalue weighted by atomic mass is 32.2. The molecule has 1 spiro atoms. The zero-order valence-corrected chi connectivity index (χ0v) is 26.0. The van der Waals surface area contributed by atoms with Crippen LogP contribution in [-0.2, 0) is 10.0 Å². The summed E-state index contributed by atoms with van der Waals surface area (Å²) in [4.78, 5) is 8.82. The van der Waals surface area contributed by atoms with Crippen molar-refractivity contribution in [3.63, 3.8) is 0 Å². The first-order valence-electron chi connectivity index (χ1n) is 15.5. The number of aliphatic hydroxyl groups excluding tert-OH is 1. The normalized spacial score (nSPS) is 20.0. The Labute approximate surface area is 261 Å². The molecule has 2 saturated heterocycles. The first-order valence-corrected chi connectivity index (χ1v) is 17.1. The van der Waals surface area contributed by atoms with Crippen molar-refractivity contribution in [1.82, 2.24) is 20.0 Å². The molecule has 0 amide bonds. The highest BCUT2D eigenvalue weighted by Gasteiger charge is 2.44. The molecule has 3 aliphatic rings. The summed E-state index contributed by atoms with van der Waals surface area (Å²) in [5.41, 5.74) is 5.45. The van der Waals surface area contributed by atoms with E-state index >= 15 is 0 Å². The number of anilines is 3. The third-order valence-corrected chi connectivity index (χ3v) is 11.4. The van der Waals surface area contributed by atoms with Crippen LogP contribution in [0.5, 0.6) is 0 Å². The number of aromatic nitrogens is 4. The monoisotopic (exact) mass is 637 g/mol. The van der Waals surface area contributed by atoms with Gasteiger partial charge in [0.15, 0.2) is 0 Å². The van der Waals surface area contributed by atoms with Crippen LogP contribution >= 0.6 is 0 Å². The number of halogens is 2. The summed E-state index contributed by atoms with van der Waals surface area (Å²) < 4.78 is 57.7. The maximum Gasteiger partial charge on any atom is 0.251 e. The van der Waals surface area contributed by atoms with Crippen LogP contribution in [0.1, 0.15) is 45.4 Å². The lowest BCUT2D eigenvalue weighted by Gasteiger charge is -2.35. The number of benzene rings is 2. The molecule has 2 aromatic heterocycles. The maximum atomic E-state index is 14.0. The number of rotatable bonds is 8. The van der Waals surface area contributed by atoms with Gasteiger partial charge in [0.05, 0.1) is 41.1 Å². The van der Waals surface area contributed by atoms with Crippen LogP contribution in [0.4, 0.5) is 25.8 Å². The first kappa shape index (κ1) is 29.8. The van der Waals surface area contributed by atoms with Crippen molar-refractivity contribution >= 4 is 38.0 Å². The summed E-state index contributed by atoms with van der Waals surface area (Å²) in [5.74, 6) is -2.66. The highest BCUT2D eigenvalue weighted by Crippen LogP contribution is 2.54. The predicted molar refractivity (Wildman–Crippen MR) is 171 cm³/mol. The number of hydrogen-bond donors (Lipinski definition) is 2. The lowest BCUT2D eigenvalue weighted by Crippen LogP contribution is -2.39. The highest BCUT2D eigenvalue weighted by molar-refractivity contribution is 7.93. The van der Waals surface area contributed by atoms with Gasteiger partial charge >= 0.3 is 0 Å². The van der Waals surface area contributed by atoms with E-state index in [-0.39, 0.29) is 25.9 Å². The molecule has 238 valence electrons. The van der Waals surface area contributed by atoms with Gasteiger partial charge in [0.2, 0.25) is 10.0 Å². The molecule has 2 aliphatic heterocycles. The number of nitrogens with one attached hydrogen (secondary N) is 1. The molecule has 1 aliphatic carbocycles. The van der Waals surface area contributed by atoms with Crippen molar-refractivity contribution in [3.05, 3.63) is 54.9 Å². The van der Waals surface area contributed by atoms with Gasteiger partial charge in [-0.25, -0.2) is 21.9 Å². The molecule has 2 aromatic carbocycles. The Bertz CT molecular complexity index is 1820. The van der Waals surface area contributed by atoms with E-state index in [0.29, 0.717) is 16.8 Å². The third kappa shape index (κ3) is 5.95. The lowest BCUT2D eigenvalue weighted by atomic mass is 9.93. The zero-order valence-electron chi connectivity index (χ0n) is 25.2. The maximum absolute atomic E-state index is 14.0. The average Bonchev–Trinajstić information content (AvgIpc) is 3.60. The van der Waals surface area contributed by atoms with Crippen LogP contribution in [0.25, 0.3) is 27.8 Å². The predicted octanol–water partition coefficient (Wildman–Crippen LogP) is 5.22. The number of hydrogen-bond acceptors (Lipinski definition) is 8. The fourth-order valence-corrected chi connectivity index (χ4v) is 7.30. The molecular formula is C32H37F2N7O3S. The van der Waals surface area contributed by atoms with Gasteiger partial charge in [-0.15, -0.1) is 5.10 Å². The van der Waals surface area contributed by atoms with Crippen molar-refractivity contribution in [1.29, 1.82) is 0 Å². The summed E-state index contributed by atoms with van der Waals surface area (Å²) in [6.45, 7) is 3.17. The molecule has 3 fully saturated rings. The minimum absolute atomic E-state index is 0.201. The molecule has 1 atom stereocenters. The average molecular weight is 638 g/mol. The van der Waals surface area contributed by atoms with Crippen LogP contribution in [0.2, 0.25) is 0 Å². The van der Waals surface area contributed by atoms with Gasteiger partial charge in [0, 0.05) is 56.2 Å². The number of nitrogens with zero attached hydrogens (tertiary/aromatic N) is 6. The SMILES string of the molecule is C[C@H](CO)S(=O)(=O)Nc1ccc(-n2cc(-c3cc(N4CCC(F)(F)CC4)c4ncccc4c3)nn2)c(N2CCC3(CC2)CC3)c1. The second-order valence-electron chi connectivity index (χ2n) is 12.8. The van der Waals surface area contributed by atoms with Crippen LogP contribution in [0.15, 0.2) is 54.9 Å². The van der Waals surface area contributed by atoms with Crippen molar-refractivity contribution in [2.24, 2.45) is 5.41 Å². The Morgan fingerprint density at radius 1 is 0.933 bits per heavy atom. The lowest BCUT2D eigenvalue weighted by molar-refractivity contribution is -0.0220. The Hall–Kier alpha value is -3.84. The minimum Gasteiger partial charge on any atom is -0.395 e. The van der Waals surface area contributed by atoms with Crippen LogP contribution in [-0.4, -0.2) is 77.5 Å². The number of fused-ring (bicyclic) bond motifs is 1. The summed E-state index contributed by atoms with van der Waals surface area (Å²) in [7, 11) is -3.77. The van der Waals surface area contributed by atoms with E-state index in [9.17, 15) is 22.3 Å². The van der Waals surface area contributed by atoms with Crippen LogP contribution < -0.4 is 14.5 Å². The number of piperidine rings is 2. The summed E-state index contributed by atoms with van der Waals surface area (Å²) in [6, 6.07) is 13.1. The zero-order chi connectivity index (χ0) is 31.4. The van der Waals surface area contributed by atoms with Gasteiger partial charge in [-0.3, -0.25) is 9.71 Å². The molecular weight excluding hydrogens is 600 g/mol. The fourth-order valence-electron chi connectivity index (χ4n) is 6.45. The van der Waals surface area contributed by atoms with E-state index in [1.807, 2.05) is 47.5 Å². The van der Waals surface area contributed by atoms with E-state index in [1.54, 1.807) is 16.9 Å². The Kier molecular flexibility index (Phi) is 7.43. The van der Waals surface area contributed by atoms with Gasteiger partial charge in [0.1, 0.15) is 10.9 Å². The molecule has 0 radical (unpaired) electrons. The molecule has 0 bridgehead atoms. The summed E-state index contributed by atoms with van der Waals surface area (Å²) in [6.07, 6.45) is 7.85. The number of sulfonamides is 1. The number of aliphatic hydroxyl groups is 1. The van der Waals surface area contributed by atoms with Crippen molar-refractivity contribution in [3.8, 4) is 16.9 Å². The van der Waals surface area contributed by atoms with Gasteiger partial charge in [-0.05, 0) is 74.4 Å². The van der Waals surface area contributed by atoms with E-state index in [4.69, 9.17) is 0 Å². The van der Waals surface area contributed by atoms with Crippen LogP contribution in [0.3, 0.4) is 0 Å². The van der Waals surface area contributed by atoms with Gasteiger partial charge in [0.25, 0.3) is 5.92 Å². The van der Waals surface area contributed by atoms with Crippen molar-refractivity contribution in [2.75, 3.05) is 47.3 Å². The molecule has 10 nitrogen and oxygen atoms in total. The van der Waals surface area contributed by atoms with Gasteiger partial charge in [-0.1, -0.05) is 11.3 Å². The third-order valence-electron chi connectivity index (χ3n) is 9.70. The molecule has 45 heavy (non-hydrogen) atoms. The number of alkyl halides is 2. The molecule has 1 saturated carbocycles.